The molecule has 5 nitrogen and oxygen atoms in total. The molecule has 5 heteroatoms. The Morgan fingerprint density at radius 3 is 2.39 bits per heavy atom. The van der Waals surface area contributed by atoms with Crippen LogP contribution in [-0.4, -0.2) is 41.9 Å². The quantitative estimate of drug-likeness (QED) is 0.744. The second-order valence-corrected chi connectivity index (χ2v) is 5.58. The summed E-state index contributed by atoms with van der Waals surface area (Å²) in [5.74, 6) is 0.130. The Labute approximate surface area is 108 Å². The number of hydrogen-bond acceptors (Lipinski definition) is 3. The summed E-state index contributed by atoms with van der Waals surface area (Å²) < 4.78 is 0. The van der Waals surface area contributed by atoms with Crippen LogP contribution in [0.3, 0.4) is 0 Å². The highest BCUT2D eigenvalue weighted by Crippen LogP contribution is 2.31. The lowest BCUT2D eigenvalue weighted by atomic mass is 9.75. The molecule has 2 fully saturated rings. The summed E-state index contributed by atoms with van der Waals surface area (Å²) in [5.41, 5.74) is 5.72. The van der Waals surface area contributed by atoms with Gasteiger partial charge in [-0.05, 0) is 32.1 Å². The summed E-state index contributed by atoms with van der Waals surface area (Å²) in [5, 5.41) is 2.79. The molecule has 2 rings (SSSR count). The van der Waals surface area contributed by atoms with Gasteiger partial charge in [-0.2, -0.15) is 0 Å². The molecule has 0 aromatic rings. The fourth-order valence-electron chi connectivity index (χ4n) is 2.62. The van der Waals surface area contributed by atoms with Crippen LogP contribution < -0.4 is 11.1 Å². The molecule has 1 aliphatic heterocycles. The Bertz CT molecular complexity index is 320. The van der Waals surface area contributed by atoms with E-state index in [1.807, 2.05) is 4.90 Å². The van der Waals surface area contributed by atoms with Gasteiger partial charge >= 0.3 is 0 Å². The average Bonchev–Trinajstić information content (AvgIpc) is 2.80. The molecular weight excluding hydrogens is 230 g/mol. The zero-order valence-electron chi connectivity index (χ0n) is 10.9. The average molecular weight is 253 g/mol. The first kappa shape index (κ1) is 13.3. The maximum absolute atomic E-state index is 11.7. The molecule has 0 aromatic carbocycles. The SMILES string of the molecule is NC1(CC(=O)NCCC(=O)N2CCCC2)CCC1. The highest BCUT2D eigenvalue weighted by Gasteiger charge is 2.34. The predicted molar refractivity (Wildman–Crippen MR) is 68.8 cm³/mol. The van der Waals surface area contributed by atoms with E-state index >= 15 is 0 Å². The lowest BCUT2D eigenvalue weighted by molar-refractivity contribution is -0.130. The number of nitrogens with zero attached hydrogens (tertiary/aromatic N) is 1. The number of amides is 2. The molecular formula is C13H23N3O2. The molecule has 102 valence electrons. The number of rotatable bonds is 5. The molecule has 1 saturated heterocycles. The summed E-state index contributed by atoms with van der Waals surface area (Å²) in [7, 11) is 0. The molecule has 2 amide bonds. The van der Waals surface area contributed by atoms with E-state index < -0.39 is 0 Å². The van der Waals surface area contributed by atoms with Crippen molar-refractivity contribution in [3.63, 3.8) is 0 Å². The number of likely N-dealkylation sites (tertiary alicyclic amines) is 1. The van der Waals surface area contributed by atoms with E-state index in [0.717, 1.165) is 45.2 Å². The third-order valence-corrected chi connectivity index (χ3v) is 3.98. The number of nitrogens with one attached hydrogen (secondary N) is 1. The lowest BCUT2D eigenvalue weighted by Gasteiger charge is -2.37. The van der Waals surface area contributed by atoms with Gasteiger partial charge < -0.3 is 16.0 Å². The van der Waals surface area contributed by atoms with Crippen LogP contribution in [-0.2, 0) is 9.59 Å². The smallest absolute Gasteiger partial charge is 0.224 e. The molecule has 0 bridgehead atoms. The highest BCUT2D eigenvalue weighted by atomic mass is 16.2. The van der Waals surface area contributed by atoms with Gasteiger partial charge in [-0.25, -0.2) is 0 Å². The van der Waals surface area contributed by atoms with Crippen LogP contribution in [0.2, 0.25) is 0 Å². The molecule has 0 unspecified atom stereocenters. The predicted octanol–water partition coefficient (Wildman–Crippen LogP) is 0.387. The molecule has 3 N–H and O–H groups in total. The molecule has 0 atom stereocenters. The van der Waals surface area contributed by atoms with Crippen molar-refractivity contribution in [3.05, 3.63) is 0 Å². The first-order valence-corrected chi connectivity index (χ1v) is 6.92. The van der Waals surface area contributed by atoms with Crippen LogP contribution in [0, 0.1) is 0 Å². The Morgan fingerprint density at radius 2 is 1.83 bits per heavy atom. The number of carbonyl (C=O) groups is 2. The maximum Gasteiger partial charge on any atom is 0.224 e. The third kappa shape index (κ3) is 3.45. The molecule has 2 aliphatic rings. The minimum Gasteiger partial charge on any atom is -0.356 e. The van der Waals surface area contributed by atoms with Gasteiger partial charge in [0.05, 0.1) is 0 Å². The topological polar surface area (TPSA) is 75.4 Å². The Morgan fingerprint density at radius 1 is 1.17 bits per heavy atom. The van der Waals surface area contributed by atoms with E-state index in [2.05, 4.69) is 5.32 Å². The van der Waals surface area contributed by atoms with E-state index in [-0.39, 0.29) is 17.4 Å². The monoisotopic (exact) mass is 253 g/mol. The molecule has 18 heavy (non-hydrogen) atoms. The van der Waals surface area contributed by atoms with Gasteiger partial charge in [0.25, 0.3) is 0 Å². The molecule has 1 heterocycles. The van der Waals surface area contributed by atoms with Gasteiger partial charge in [-0.3, -0.25) is 9.59 Å². The summed E-state index contributed by atoms with van der Waals surface area (Å²) in [4.78, 5) is 25.2. The van der Waals surface area contributed by atoms with Crippen LogP contribution in [0.15, 0.2) is 0 Å². The van der Waals surface area contributed by atoms with Crippen molar-refractivity contribution in [2.24, 2.45) is 5.73 Å². The zero-order chi connectivity index (χ0) is 13.0. The second kappa shape index (κ2) is 5.69. The Balaban J connectivity index is 1.59. The van der Waals surface area contributed by atoms with E-state index in [9.17, 15) is 9.59 Å². The van der Waals surface area contributed by atoms with E-state index in [1.165, 1.54) is 0 Å². The summed E-state index contributed by atoms with van der Waals surface area (Å²) >= 11 is 0. The van der Waals surface area contributed by atoms with Crippen molar-refractivity contribution in [3.8, 4) is 0 Å². The van der Waals surface area contributed by atoms with E-state index in [1.54, 1.807) is 0 Å². The van der Waals surface area contributed by atoms with Crippen molar-refractivity contribution in [1.29, 1.82) is 0 Å². The summed E-state index contributed by atoms with van der Waals surface area (Å²) in [6.07, 6.45) is 6.01. The van der Waals surface area contributed by atoms with Crippen molar-refractivity contribution in [1.82, 2.24) is 10.2 Å². The van der Waals surface area contributed by atoms with Gasteiger partial charge in [0.1, 0.15) is 0 Å². The largest absolute Gasteiger partial charge is 0.356 e. The molecule has 1 aliphatic carbocycles. The van der Waals surface area contributed by atoms with Crippen molar-refractivity contribution in [2.75, 3.05) is 19.6 Å². The fraction of sp³-hybridized carbons (Fsp3) is 0.846. The molecule has 0 radical (unpaired) electrons. The molecule has 0 aromatic heterocycles. The summed E-state index contributed by atoms with van der Waals surface area (Å²) in [6.45, 7) is 2.18. The molecule has 0 spiro atoms. The van der Waals surface area contributed by atoms with Crippen molar-refractivity contribution < 1.29 is 9.59 Å². The van der Waals surface area contributed by atoms with E-state index in [4.69, 9.17) is 5.73 Å². The fourth-order valence-corrected chi connectivity index (χ4v) is 2.62. The van der Waals surface area contributed by atoms with Gasteiger partial charge in [-0.15, -0.1) is 0 Å². The minimum absolute atomic E-state index is 0.0218. The van der Waals surface area contributed by atoms with Gasteiger partial charge in [-0.1, -0.05) is 0 Å². The zero-order valence-corrected chi connectivity index (χ0v) is 10.9. The van der Waals surface area contributed by atoms with Crippen LogP contribution in [0.5, 0.6) is 0 Å². The first-order chi connectivity index (χ1) is 8.59. The number of carbonyl (C=O) groups excluding carboxylic acids is 2. The van der Waals surface area contributed by atoms with Gasteiger partial charge in [0.2, 0.25) is 11.8 Å². The van der Waals surface area contributed by atoms with Gasteiger partial charge in [0.15, 0.2) is 0 Å². The summed E-state index contributed by atoms with van der Waals surface area (Å²) in [6, 6.07) is 0. The Hall–Kier alpha value is -1.10. The second-order valence-electron chi connectivity index (χ2n) is 5.58. The van der Waals surface area contributed by atoms with Crippen LogP contribution in [0.25, 0.3) is 0 Å². The van der Waals surface area contributed by atoms with Crippen molar-refractivity contribution in [2.45, 2.75) is 50.5 Å². The normalized spacial score (nSPS) is 21.5. The Kier molecular flexibility index (Phi) is 4.22. The minimum atomic E-state index is -0.275. The van der Waals surface area contributed by atoms with E-state index in [0.29, 0.717) is 19.4 Å². The first-order valence-electron chi connectivity index (χ1n) is 6.92. The lowest BCUT2D eigenvalue weighted by Crippen LogP contribution is -2.50. The highest BCUT2D eigenvalue weighted by molar-refractivity contribution is 5.79. The molecule has 1 saturated carbocycles. The maximum atomic E-state index is 11.7. The standard InChI is InChI=1S/C13H23N3O2/c14-13(5-3-6-13)10-11(17)15-7-4-12(18)16-8-1-2-9-16/h1-10,14H2,(H,15,17). The number of hydrogen-bond donors (Lipinski definition) is 2. The van der Waals surface area contributed by atoms with Crippen LogP contribution >= 0.6 is 0 Å². The van der Waals surface area contributed by atoms with Crippen LogP contribution in [0.4, 0.5) is 0 Å². The number of nitrogens with two attached hydrogens (primary N) is 1. The van der Waals surface area contributed by atoms with Gasteiger partial charge in [0, 0.05) is 38.0 Å². The third-order valence-electron chi connectivity index (χ3n) is 3.98. The van der Waals surface area contributed by atoms with Crippen molar-refractivity contribution >= 4 is 11.8 Å². The van der Waals surface area contributed by atoms with Crippen LogP contribution in [0.1, 0.15) is 44.9 Å².